The molecule has 0 unspecified atom stereocenters. The van der Waals surface area contributed by atoms with Crippen molar-refractivity contribution in [1.29, 1.82) is 0 Å². The number of benzene rings is 1. The highest BCUT2D eigenvalue weighted by atomic mass is 16.2. The van der Waals surface area contributed by atoms with E-state index in [1.54, 1.807) is 0 Å². The summed E-state index contributed by atoms with van der Waals surface area (Å²) in [5.41, 5.74) is 3.42. The summed E-state index contributed by atoms with van der Waals surface area (Å²) in [4.78, 5) is 28.5. The Morgan fingerprint density at radius 2 is 1.78 bits per heavy atom. The lowest BCUT2D eigenvalue weighted by atomic mass is 9.75. The van der Waals surface area contributed by atoms with Gasteiger partial charge in [-0.2, -0.15) is 5.10 Å². The van der Waals surface area contributed by atoms with Crippen molar-refractivity contribution in [2.24, 2.45) is 5.41 Å². The predicted molar refractivity (Wildman–Crippen MR) is 124 cm³/mol. The molecular formula is C26H34N4O2. The number of Topliss-reactive ketones (excluding diaryl/α,β-unsaturated/α-hetero) is 1. The van der Waals surface area contributed by atoms with E-state index in [-0.39, 0.29) is 29.3 Å². The molecule has 0 spiro atoms. The molecule has 1 aromatic carbocycles. The number of nitrogens with zero attached hydrogens (tertiary/aromatic N) is 3. The number of ketones is 1. The summed E-state index contributed by atoms with van der Waals surface area (Å²) in [6.07, 6.45) is 8.89. The summed E-state index contributed by atoms with van der Waals surface area (Å²) in [5, 5.41) is 8.28. The molecule has 3 aliphatic rings. The van der Waals surface area contributed by atoms with E-state index in [1.807, 2.05) is 39.9 Å². The number of fused-ring (bicyclic) bond motifs is 1. The lowest BCUT2D eigenvalue weighted by Gasteiger charge is -2.31. The first-order valence-electron chi connectivity index (χ1n) is 12.2. The van der Waals surface area contributed by atoms with Gasteiger partial charge in [-0.15, -0.1) is 0 Å². The minimum atomic E-state index is -0.137. The van der Waals surface area contributed by atoms with Crippen LogP contribution in [0.1, 0.15) is 93.0 Å². The molecule has 0 bridgehead atoms. The van der Waals surface area contributed by atoms with Crippen LogP contribution in [0.4, 0.5) is 4.79 Å². The van der Waals surface area contributed by atoms with Gasteiger partial charge >= 0.3 is 6.03 Å². The molecule has 5 rings (SSSR count). The Labute approximate surface area is 190 Å². The Balaban J connectivity index is 1.51. The second-order valence-corrected chi connectivity index (χ2v) is 10.5. The third-order valence-electron chi connectivity index (χ3n) is 7.33. The van der Waals surface area contributed by atoms with Crippen LogP contribution in [0.3, 0.4) is 0 Å². The van der Waals surface area contributed by atoms with Gasteiger partial charge in [0.05, 0.1) is 28.7 Å². The van der Waals surface area contributed by atoms with E-state index in [4.69, 9.17) is 5.10 Å². The van der Waals surface area contributed by atoms with E-state index in [0.717, 1.165) is 61.3 Å². The van der Waals surface area contributed by atoms with Crippen LogP contribution in [0.25, 0.3) is 5.69 Å². The summed E-state index contributed by atoms with van der Waals surface area (Å²) in [5.74, 6) is 0.160. The third kappa shape index (κ3) is 3.96. The smallest absolute Gasteiger partial charge is 0.318 e. The Morgan fingerprint density at radius 3 is 2.53 bits per heavy atom. The average molecular weight is 435 g/mol. The number of urea groups is 1. The van der Waals surface area contributed by atoms with Crippen molar-refractivity contribution in [2.75, 3.05) is 6.54 Å². The Morgan fingerprint density at radius 1 is 1.03 bits per heavy atom. The van der Waals surface area contributed by atoms with Crippen LogP contribution in [0.2, 0.25) is 0 Å². The van der Waals surface area contributed by atoms with Gasteiger partial charge in [0, 0.05) is 19.0 Å². The number of hydrogen-bond donors (Lipinski definition) is 1. The highest BCUT2D eigenvalue weighted by Gasteiger charge is 2.41. The molecule has 1 aliphatic heterocycles. The summed E-state index contributed by atoms with van der Waals surface area (Å²) < 4.78 is 1.96. The number of hydrogen-bond acceptors (Lipinski definition) is 3. The highest BCUT2D eigenvalue weighted by molar-refractivity contribution is 6.00. The zero-order valence-electron chi connectivity index (χ0n) is 19.3. The summed E-state index contributed by atoms with van der Waals surface area (Å²) in [7, 11) is 0. The zero-order chi connectivity index (χ0) is 22.3. The molecule has 6 heteroatoms. The van der Waals surface area contributed by atoms with E-state index in [9.17, 15) is 9.59 Å². The Kier molecular flexibility index (Phi) is 5.56. The molecule has 1 N–H and O–H groups in total. The third-order valence-corrected chi connectivity index (χ3v) is 7.33. The van der Waals surface area contributed by atoms with Crippen molar-refractivity contribution in [3.8, 4) is 5.69 Å². The fourth-order valence-electron chi connectivity index (χ4n) is 5.79. The van der Waals surface area contributed by atoms with E-state index < -0.39 is 0 Å². The van der Waals surface area contributed by atoms with Crippen LogP contribution in [-0.4, -0.2) is 39.1 Å². The predicted octanol–water partition coefficient (Wildman–Crippen LogP) is 5.21. The van der Waals surface area contributed by atoms with E-state index in [0.29, 0.717) is 6.42 Å². The van der Waals surface area contributed by atoms with E-state index in [1.165, 1.54) is 19.3 Å². The van der Waals surface area contributed by atoms with Gasteiger partial charge in [-0.1, -0.05) is 51.3 Å². The molecule has 32 heavy (non-hydrogen) atoms. The van der Waals surface area contributed by atoms with Crippen LogP contribution in [0.5, 0.6) is 0 Å². The monoisotopic (exact) mass is 434 g/mol. The van der Waals surface area contributed by atoms with Crippen molar-refractivity contribution in [3.63, 3.8) is 0 Å². The van der Waals surface area contributed by atoms with E-state index >= 15 is 0 Å². The minimum absolute atomic E-state index is 0.00555. The standard InChI is InChI=1S/C26H34N4O2/c1-26(2)16-21-23(22(31)17-26)24(28-30(21)19-12-7-4-8-13-19)20-14-9-15-29(20)25(32)27-18-10-5-3-6-11-18/h4,7-8,12-13,18,20H,3,5-6,9-11,14-17H2,1-2H3,(H,27,32)/t20-/m0/s1. The molecule has 6 nitrogen and oxygen atoms in total. The fourth-order valence-corrected chi connectivity index (χ4v) is 5.79. The van der Waals surface area contributed by atoms with Crippen molar-refractivity contribution in [2.45, 2.75) is 83.7 Å². The molecule has 1 atom stereocenters. The molecule has 1 saturated heterocycles. The van der Waals surface area contributed by atoms with Gasteiger partial charge in [0.25, 0.3) is 0 Å². The van der Waals surface area contributed by atoms with Gasteiger partial charge in [-0.3, -0.25) is 4.79 Å². The number of rotatable bonds is 3. The van der Waals surface area contributed by atoms with Crippen LogP contribution < -0.4 is 5.32 Å². The average Bonchev–Trinajstić information content (AvgIpc) is 3.39. The molecule has 2 aliphatic carbocycles. The molecule has 2 aromatic rings. The van der Waals surface area contributed by atoms with Crippen molar-refractivity contribution in [3.05, 3.63) is 47.3 Å². The maximum absolute atomic E-state index is 13.3. The second-order valence-electron chi connectivity index (χ2n) is 10.5. The first-order chi connectivity index (χ1) is 15.4. The van der Waals surface area contributed by atoms with Crippen LogP contribution >= 0.6 is 0 Å². The van der Waals surface area contributed by atoms with Crippen molar-refractivity contribution < 1.29 is 9.59 Å². The maximum Gasteiger partial charge on any atom is 0.318 e. The van der Waals surface area contributed by atoms with Gasteiger partial charge in [-0.05, 0) is 49.7 Å². The molecule has 0 radical (unpaired) electrons. The zero-order valence-corrected chi connectivity index (χ0v) is 19.3. The van der Waals surface area contributed by atoms with Gasteiger partial charge < -0.3 is 10.2 Å². The maximum atomic E-state index is 13.3. The number of nitrogens with one attached hydrogen (secondary N) is 1. The number of amides is 2. The van der Waals surface area contributed by atoms with Gasteiger partial charge in [0.2, 0.25) is 0 Å². The first kappa shape index (κ1) is 21.2. The number of carbonyl (C=O) groups is 2. The lowest BCUT2D eigenvalue weighted by Crippen LogP contribution is -2.45. The Bertz CT molecular complexity index is 1000. The molecular weight excluding hydrogens is 400 g/mol. The first-order valence-corrected chi connectivity index (χ1v) is 12.2. The van der Waals surface area contributed by atoms with Crippen molar-refractivity contribution >= 4 is 11.8 Å². The summed E-state index contributed by atoms with van der Waals surface area (Å²) in [6.45, 7) is 5.01. The molecule has 2 heterocycles. The minimum Gasteiger partial charge on any atom is -0.335 e. The molecule has 2 amide bonds. The topological polar surface area (TPSA) is 67.2 Å². The normalized spacial score (nSPS) is 23.2. The van der Waals surface area contributed by atoms with Gasteiger partial charge in [0.1, 0.15) is 0 Å². The summed E-state index contributed by atoms with van der Waals surface area (Å²) >= 11 is 0. The van der Waals surface area contributed by atoms with Gasteiger partial charge in [-0.25, -0.2) is 9.48 Å². The second kappa shape index (κ2) is 8.38. The quantitative estimate of drug-likeness (QED) is 0.721. The largest absolute Gasteiger partial charge is 0.335 e. The van der Waals surface area contributed by atoms with Crippen LogP contribution in [-0.2, 0) is 6.42 Å². The van der Waals surface area contributed by atoms with Crippen LogP contribution in [0.15, 0.2) is 30.3 Å². The van der Waals surface area contributed by atoms with Crippen molar-refractivity contribution in [1.82, 2.24) is 20.0 Å². The number of para-hydroxylation sites is 1. The molecule has 1 saturated carbocycles. The molecule has 170 valence electrons. The van der Waals surface area contributed by atoms with Gasteiger partial charge in [0.15, 0.2) is 5.78 Å². The number of aromatic nitrogens is 2. The highest BCUT2D eigenvalue weighted by Crippen LogP contribution is 2.42. The van der Waals surface area contributed by atoms with E-state index in [2.05, 4.69) is 19.2 Å². The molecule has 1 aromatic heterocycles. The Hall–Kier alpha value is -2.63. The molecule has 2 fully saturated rings. The summed E-state index contributed by atoms with van der Waals surface area (Å²) in [6, 6.07) is 10.2. The fraction of sp³-hybridized carbons (Fsp3) is 0.577. The lowest BCUT2D eigenvalue weighted by molar-refractivity contribution is 0.0907. The number of carbonyl (C=O) groups excluding carboxylic acids is 2. The number of likely N-dealkylation sites (tertiary alicyclic amines) is 1. The van der Waals surface area contributed by atoms with Crippen LogP contribution in [0, 0.1) is 5.41 Å². The SMILES string of the molecule is CC1(C)CC(=O)c2c([C@@H]3CCCN3C(=O)NC3CCCCC3)nn(-c3ccccc3)c2C1.